The normalized spacial score (nSPS) is 14.2. The number of aryl methyl sites for hydroxylation is 1. The Balaban J connectivity index is 1.54. The molecule has 23 heavy (non-hydrogen) atoms. The molecule has 1 aliphatic carbocycles. The van der Waals surface area contributed by atoms with Gasteiger partial charge in [0.25, 0.3) is 0 Å². The Morgan fingerprint density at radius 2 is 2.04 bits per heavy atom. The zero-order chi connectivity index (χ0) is 16.4. The molecule has 0 aliphatic heterocycles. The fourth-order valence-electron chi connectivity index (χ4n) is 3.18. The molecule has 0 atom stereocenters. The lowest BCUT2D eigenvalue weighted by Crippen LogP contribution is -2.25. The van der Waals surface area contributed by atoms with Crippen molar-refractivity contribution in [2.45, 2.75) is 39.2 Å². The number of halogens is 1. The number of hydrogen-bond acceptors (Lipinski definition) is 2. The maximum atomic E-state index is 13.5. The zero-order valence-electron chi connectivity index (χ0n) is 13.7. The predicted octanol–water partition coefficient (Wildman–Crippen LogP) is 3.59. The van der Waals surface area contributed by atoms with E-state index in [-0.39, 0.29) is 11.6 Å². The van der Waals surface area contributed by atoms with E-state index >= 15 is 0 Å². The Hall–Kier alpha value is -1.94. The lowest BCUT2D eigenvalue weighted by atomic mass is 10.1. The van der Waals surface area contributed by atoms with Crippen LogP contribution in [0.1, 0.15) is 46.2 Å². The number of ketones is 1. The summed E-state index contributed by atoms with van der Waals surface area (Å²) < 4.78 is 15.8. The van der Waals surface area contributed by atoms with Crippen LogP contribution >= 0.6 is 0 Å². The first kappa shape index (κ1) is 15.9. The fourth-order valence-corrected chi connectivity index (χ4v) is 3.18. The molecule has 1 saturated carbocycles. The quantitative estimate of drug-likeness (QED) is 0.626. The number of carbonyl (C=O) groups excluding carboxylic acids is 1. The van der Waals surface area contributed by atoms with Gasteiger partial charge >= 0.3 is 0 Å². The van der Waals surface area contributed by atoms with Crippen LogP contribution in [0.4, 0.5) is 4.39 Å². The minimum Gasteiger partial charge on any atom is -0.345 e. The van der Waals surface area contributed by atoms with E-state index in [1.165, 1.54) is 24.6 Å². The van der Waals surface area contributed by atoms with Gasteiger partial charge in [0.15, 0.2) is 5.78 Å². The Kier molecular flexibility index (Phi) is 4.62. The average Bonchev–Trinajstić information content (AvgIpc) is 3.31. The molecule has 0 radical (unpaired) electrons. The molecule has 0 saturated heterocycles. The number of benzene rings is 1. The van der Waals surface area contributed by atoms with E-state index in [0.717, 1.165) is 11.3 Å². The van der Waals surface area contributed by atoms with Gasteiger partial charge < -0.3 is 9.88 Å². The molecule has 0 unspecified atom stereocenters. The monoisotopic (exact) mass is 314 g/mol. The van der Waals surface area contributed by atoms with Crippen LogP contribution < -0.4 is 5.32 Å². The average molecular weight is 314 g/mol. The summed E-state index contributed by atoms with van der Waals surface area (Å²) in [5, 5.41) is 3.13. The largest absolute Gasteiger partial charge is 0.345 e. The Morgan fingerprint density at radius 3 is 2.74 bits per heavy atom. The first-order chi connectivity index (χ1) is 11.1. The lowest BCUT2D eigenvalue weighted by Gasteiger charge is -2.08. The molecular weight excluding hydrogens is 291 g/mol. The van der Waals surface area contributed by atoms with Gasteiger partial charge in [0.05, 0.1) is 6.54 Å². The highest BCUT2D eigenvalue weighted by atomic mass is 19.1. The van der Waals surface area contributed by atoms with Crippen molar-refractivity contribution in [2.75, 3.05) is 13.1 Å². The van der Waals surface area contributed by atoms with Gasteiger partial charge in [-0.3, -0.25) is 4.79 Å². The van der Waals surface area contributed by atoms with E-state index < -0.39 is 0 Å². The lowest BCUT2D eigenvalue weighted by molar-refractivity contribution is 0.0990. The minimum atomic E-state index is -0.186. The molecular formula is C19H23FN2O. The highest BCUT2D eigenvalue weighted by Crippen LogP contribution is 2.38. The summed E-state index contributed by atoms with van der Waals surface area (Å²) in [4.78, 5) is 12.4. The standard InChI is InChI=1S/C19H23FN2O/c1-13-11-17(14(2)22(13)16-7-8-16)19(23)12-21-10-9-15-5-3-4-6-18(15)20/h3-6,11,16,21H,7-10,12H2,1-2H3. The molecule has 1 N–H and O–H groups in total. The van der Waals surface area contributed by atoms with Gasteiger partial charge in [-0.15, -0.1) is 0 Å². The second kappa shape index (κ2) is 6.67. The van der Waals surface area contributed by atoms with Gasteiger partial charge in [-0.05, 0) is 57.4 Å². The van der Waals surface area contributed by atoms with Crippen molar-refractivity contribution in [2.24, 2.45) is 0 Å². The van der Waals surface area contributed by atoms with Crippen molar-refractivity contribution in [3.63, 3.8) is 0 Å². The van der Waals surface area contributed by atoms with Crippen molar-refractivity contribution in [1.29, 1.82) is 0 Å². The molecule has 3 rings (SSSR count). The van der Waals surface area contributed by atoms with Crippen LogP contribution in [0.2, 0.25) is 0 Å². The van der Waals surface area contributed by atoms with Crippen LogP contribution in [0.5, 0.6) is 0 Å². The van der Waals surface area contributed by atoms with Crippen LogP contribution in [0, 0.1) is 19.7 Å². The molecule has 3 nitrogen and oxygen atoms in total. The number of rotatable bonds is 7. The van der Waals surface area contributed by atoms with Crippen molar-refractivity contribution < 1.29 is 9.18 Å². The Labute approximate surface area is 136 Å². The number of Topliss-reactive ketones (excluding diaryl/α,β-unsaturated/α-hetero) is 1. The van der Waals surface area contributed by atoms with E-state index in [0.29, 0.717) is 31.1 Å². The van der Waals surface area contributed by atoms with Gasteiger partial charge in [-0.1, -0.05) is 18.2 Å². The molecule has 1 aliphatic rings. The van der Waals surface area contributed by atoms with E-state index in [9.17, 15) is 9.18 Å². The van der Waals surface area contributed by atoms with Crippen molar-refractivity contribution in [1.82, 2.24) is 9.88 Å². The van der Waals surface area contributed by atoms with Crippen molar-refractivity contribution in [3.05, 3.63) is 58.7 Å². The highest BCUT2D eigenvalue weighted by Gasteiger charge is 2.28. The van der Waals surface area contributed by atoms with Crippen LogP contribution in [-0.2, 0) is 6.42 Å². The second-order valence-electron chi connectivity index (χ2n) is 6.33. The van der Waals surface area contributed by atoms with Gasteiger partial charge in [-0.2, -0.15) is 0 Å². The summed E-state index contributed by atoms with van der Waals surface area (Å²) in [6, 6.07) is 9.34. The van der Waals surface area contributed by atoms with Gasteiger partial charge in [0.2, 0.25) is 0 Å². The molecule has 1 aromatic heterocycles. The molecule has 0 bridgehead atoms. The predicted molar refractivity (Wildman–Crippen MR) is 89.5 cm³/mol. The smallest absolute Gasteiger partial charge is 0.178 e. The first-order valence-corrected chi connectivity index (χ1v) is 8.23. The number of hydrogen-bond donors (Lipinski definition) is 1. The molecule has 122 valence electrons. The van der Waals surface area contributed by atoms with Gasteiger partial charge in [-0.25, -0.2) is 4.39 Å². The molecule has 0 amide bonds. The van der Waals surface area contributed by atoms with Crippen molar-refractivity contribution >= 4 is 5.78 Å². The molecule has 1 heterocycles. The number of nitrogens with one attached hydrogen (secondary N) is 1. The summed E-state index contributed by atoms with van der Waals surface area (Å²) in [6.45, 7) is 4.98. The van der Waals surface area contributed by atoms with Crippen molar-refractivity contribution in [3.8, 4) is 0 Å². The Morgan fingerprint density at radius 1 is 1.30 bits per heavy atom. The maximum Gasteiger partial charge on any atom is 0.178 e. The number of nitrogens with zero attached hydrogens (tertiary/aromatic N) is 1. The van der Waals surface area contributed by atoms with E-state index in [2.05, 4.69) is 16.8 Å². The summed E-state index contributed by atoms with van der Waals surface area (Å²) >= 11 is 0. The van der Waals surface area contributed by atoms with Crippen LogP contribution in [0.3, 0.4) is 0 Å². The SMILES string of the molecule is Cc1cc(C(=O)CNCCc2ccccc2F)c(C)n1C1CC1. The van der Waals surface area contributed by atoms with E-state index in [4.69, 9.17) is 0 Å². The summed E-state index contributed by atoms with van der Waals surface area (Å²) in [6.07, 6.45) is 3.01. The van der Waals surface area contributed by atoms with Crippen LogP contribution in [0.15, 0.2) is 30.3 Å². The Bertz CT molecular complexity index is 716. The molecule has 1 aromatic carbocycles. The third kappa shape index (κ3) is 3.53. The molecule has 4 heteroatoms. The molecule has 2 aromatic rings. The third-order valence-corrected chi connectivity index (χ3v) is 4.51. The summed E-state index contributed by atoms with van der Waals surface area (Å²) in [5.41, 5.74) is 3.73. The zero-order valence-corrected chi connectivity index (χ0v) is 13.7. The van der Waals surface area contributed by atoms with E-state index in [1.807, 2.05) is 19.1 Å². The summed E-state index contributed by atoms with van der Waals surface area (Å²) in [7, 11) is 0. The van der Waals surface area contributed by atoms with Crippen LogP contribution in [0.25, 0.3) is 0 Å². The van der Waals surface area contributed by atoms with E-state index in [1.54, 1.807) is 12.1 Å². The third-order valence-electron chi connectivity index (χ3n) is 4.51. The van der Waals surface area contributed by atoms with Crippen LogP contribution in [-0.4, -0.2) is 23.4 Å². The fraction of sp³-hybridized carbons (Fsp3) is 0.421. The highest BCUT2D eigenvalue weighted by molar-refractivity contribution is 5.99. The second-order valence-corrected chi connectivity index (χ2v) is 6.33. The number of carbonyl (C=O) groups is 1. The molecule has 1 fully saturated rings. The minimum absolute atomic E-state index is 0.110. The summed E-state index contributed by atoms with van der Waals surface area (Å²) in [5.74, 6) is -0.0767. The number of aromatic nitrogens is 1. The first-order valence-electron chi connectivity index (χ1n) is 8.23. The maximum absolute atomic E-state index is 13.5. The molecule has 0 spiro atoms. The van der Waals surface area contributed by atoms with Gasteiger partial charge in [0, 0.05) is 23.0 Å². The topological polar surface area (TPSA) is 34.0 Å². The van der Waals surface area contributed by atoms with Gasteiger partial charge in [0.1, 0.15) is 5.82 Å².